The molecule has 0 bridgehead atoms. The van der Waals surface area contributed by atoms with E-state index in [-0.39, 0.29) is 34.7 Å². The van der Waals surface area contributed by atoms with Crippen LogP contribution < -0.4 is 26.4 Å². The number of nitrogens with two attached hydrogens (primary N) is 2. The van der Waals surface area contributed by atoms with E-state index in [1.54, 1.807) is 36.4 Å². The third kappa shape index (κ3) is 5.65. The summed E-state index contributed by atoms with van der Waals surface area (Å²) >= 11 is 0.716. The smallest absolute Gasteiger partial charge is 0.273 e. The number of nitrogens with one attached hydrogen (secondary N) is 1. The number of carbonyl (C=O) groups is 3. The number of anilines is 2. The largest absolute Gasteiger partial charge is 0.508 e. The third-order valence-corrected chi connectivity index (χ3v) is 6.80. The molecule has 2 aromatic carbocycles. The quantitative estimate of drug-likeness (QED) is 0.329. The maximum absolute atomic E-state index is 14.0. The summed E-state index contributed by atoms with van der Waals surface area (Å²) in [6.07, 6.45) is 1.60. The average molecular weight is 526 g/mol. The molecule has 0 aliphatic carbocycles. The van der Waals surface area contributed by atoms with Crippen LogP contribution in [0.1, 0.15) is 44.6 Å². The maximum Gasteiger partial charge on any atom is 0.273 e. The van der Waals surface area contributed by atoms with Crippen molar-refractivity contribution in [1.29, 1.82) is 0 Å². The first kappa shape index (κ1) is 25.9. The Morgan fingerprint density at radius 2 is 2.03 bits per heavy atom. The zero-order chi connectivity index (χ0) is 26.5. The van der Waals surface area contributed by atoms with Crippen molar-refractivity contribution < 1.29 is 29.0 Å². The highest BCUT2D eigenvalue weighted by molar-refractivity contribution is 7.09. The highest BCUT2D eigenvalue weighted by Crippen LogP contribution is 2.35. The van der Waals surface area contributed by atoms with Crippen LogP contribution in [0.5, 0.6) is 11.5 Å². The second kappa shape index (κ2) is 11.3. The molecule has 37 heavy (non-hydrogen) atoms. The lowest BCUT2D eigenvalue weighted by Crippen LogP contribution is -2.45. The van der Waals surface area contributed by atoms with Gasteiger partial charge in [0.15, 0.2) is 5.69 Å². The summed E-state index contributed by atoms with van der Waals surface area (Å²) in [5.41, 5.74) is 11.8. The molecular formula is C25H27N5O6S. The van der Waals surface area contributed by atoms with Gasteiger partial charge < -0.3 is 31.4 Å². The lowest BCUT2D eigenvalue weighted by molar-refractivity contribution is -0.123. The number of aromatic nitrogens is 1. The molecular weight excluding hydrogens is 498 g/mol. The number of aromatic hydroxyl groups is 1. The number of hydrogen-bond donors (Lipinski definition) is 4. The van der Waals surface area contributed by atoms with E-state index in [1.165, 1.54) is 24.1 Å². The number of phenols is 1. The minimum Gasteiger partial charge on any atom is -0.508 e. The lowest BCUT2D eigenvalue weighted by Gasteiger charge is -2.31. The van der Waals surface area contributed by atoms with Crippen LogP contribution in [0.25, 0.3) is 0 Å². The monoisotopic (exact) mass is 525 g/mol. The van der Waals surface area contributed by atoms with Gasteiger partial charge in [0.1, 0.15) is 22.4 Å². The topological polar surface area (TPSA) is 170 Å². The van der Waals surface area contributed by atoms with Crippen molar-refractivity contribution in [1.82, 2.24) is 9.69 Å². The van der Waals surface area contributed by atoms with Gasteiger partial charge in [-0.2, -0.15) is 4.37 Å². The van der Waals surface area contributed by atoms with Gasteiger partial charge in [0.25, 0.3) is 11.8 Å². The predicted octanol–water partition coefficient (Wildman–Crippen LogP) is 2.22. The van der Waals surface area contributed by atoms with E-state index in [2.05, 4.69) is 9.69 Å². The van der Waals surface area contributed by atoms with Crippen LogP contribution in [0.15, 0.2) is 48.5 Å². The van der Waals surface area contributed by atoms with Crippen molar-refractivity contribution in [2.45, 2.75) is 25.0 Å². The fourth-order valence-corrected chi connectivity index (χ4v) is 4.82. The Bertz CT molecular complexity index is 1290. The Morgan fingerprint density at radius 3 is 2.65 bits per heavy atom. The number of benzene rings is 2. The second-order valence-electron chi connectivity index (χ2n) is 8.39. The number of hydrogen-bond acceptors (Lipinski definition) is 9. The Hall–Kier alpha value is -4.16. The zero-order valence-corrected chi connectivity index (χ0v) is 20.9. The van der Waals surface area contributed by atoms with Gasteiger partial charge in [-0.1, -0.05) is 18.2 Å². The fourth-order valence-electron chi connectivity index (χ4n) is 4.07. The molecule has 2 atom stereocenters. The van der Waals surface area contributed by atoms with E-state index in [0.29, 0.717) is 35.1 Å². The van der Waals surface area contributed by atoms with Crippen molar-refractivity contribution in [3.8, 4) is 11.5 Å². The van der Waals surface area contributed by atoms with Crippen molar-refractivity contribution in [3.05, 3.63) is 64.7 Å². The van der Waals surface area contributed by atoms with Crippen LogP contribution in [0, 0.1) is 0 Å². The maximum atomic E-state index is 14.0. The van der Waals surface area contributed by atoms with Gasteiger partial charge in [0, 0.05) is 24.9 Å². The van der Waals surface area contributed by atoms with Crippen LogP contribution in [0.2, 0.25) is 0 Å². The van der Waals surface area contributed by atoms with Gasteiger partial charge in [0.05, 0.1) is 18.9 Å². The molecule has 0 radical (unpaired) electrons. The van der Waals surface area contributed by atoms with E-state index in [4.69, 9.17) is 20.9 Å². The lowest BCUT2D eigenvalue weighted by atomic mass is 10.0. The van der Waals surface area contributed by atoms with Crippen LogP contribution in [-0.4, -0.2) is 53.6 Å². The molecule has 12 heteroatoms. The highest BCUT2D eigenvalue weighted by atomic mass is 32.1. The molecule has 3 aromatic rings. The molecule has 0 spiro atoms. The molecule has 11 nitrogen and oxygen atoms in total. The molecule has 1 fully saturated rings. The normalized spacial score (nSPS) is 15.6. The van der Waals surface area contributed by atoms with Gasteiger partial charge in [-0.15, -0.1) is 0 Å². The number of nitrogen functional groups attached to an aromatic ring is 1. The summed E-state index contributed by atoms with van der Waals surface area (Å²) < 4.78 is 14.9. The van der Waals surface area contributed by atoms with Gasteiger partial charge >= 0.3 is 0 Å². The summed E-state index contributed by atoms with van der Waals surface area (Å²) in [6.45, 7) is 0.894. The van der Waals surface area contributed by atoms with Gasteiger partial charge in [0.2, 0.25) is 5.91 Å². The molecule has 3 amide bonds. The Balaban J connectivity index is 1.82. The van der Waals surface area contributed by atoms with Crippen molar-refractivity contribution in [2.75, 3.05) is 30.9 Å². The molecule has 1 aliphatic rings. The first-order chi connectivity index (χ1) is 17.8. The van der Waals surface area contributed by atoms with Gasteiger partial charge in [-0.25, -0.2) is 0 Å². The Labute approximate surface area is 217 Å². The molecule has 0 unspecified atom stereocenters. The second-order valence-corrected chi connectivity index (χ2v) is 9.16. The van der Waals surface area contributed by atoms with E-state index < -0.39 is 23.8 Å². The summed E-state index contributed by atoms with van der Waals surface area (Å²) in [4.78, 5) is 40.7. The minimum atomic E-state index is -1.18. The van der Waals surface area contributed by atoms with Crippen LogP contribution in [0.4, 0.5) is 11.4 Å². The number of primary amides is 1. The summed E-state index contributed by atoms with van der Waals surface area (Å²) in [7, 11) is 1.48. The number of methoxy groups -OCH3 is 1. The summed E-state index contributed by atoms with van der Waals surface area (Å²) in [5.74, 6) is -1.56. The standard InChI is InChI=1S/C25H27N5O6S/c1-35-17-5-2-4-15(12-17)30(25(34)22-19(26)20(23(27)32)29-37-22)21(14-7-9-16(31)10-8-14)24(33)28-13-18-6-3-11-36-18/h2,4-5,7-10,12,18,21,31H,3,6,11,13,26H2,1H3,(H2,27,32)(H,28,33)/t18-,21+/m0/s1. The van der Waals surface area contributed by atoms with E-state index in [1.807, 2.05) is 0 Å². The number of amides is 3. The average Bonchev–Trinajstić information content (AvgIpc) is 3.56. The molecule has 1 saturated heterocycles. The van der Waals surface area contributed by atoms with E-state index >= 15 is 0 Å². The van der Waals surface area contributed by atoms with E-state index in [0.717, 1.165) is 12.8 Å². The molecule has 0 saturated carbocycles. The Kier molecular flexibility index (Phi) is 7.89. The molecule has 4 rings (SSSR count). The fraction of sp³-hybridized carbons (Fsp3) is 0.280. The SMILES string of the molecule is COc1cccc(N(C(=O)c2snc(C(N)=O)c2N)[C@@H](C(=O)NC[C@@H]2CCCO2)c2ccc(O)cc2)c1. The summed E-state index contributed by atoms with van der Waals surface area (Å²) in [6, 6.07) is 11.4. The predicted molar refractivity (Wildman–Crippen MR) is 138 cm³/mol. The first-order valence-corrected chi connectivity index (χ1v) is 12.3. The van der Waals surface area contributed by atoms with Crippen LogP contribution in [0.3, 0.4) is 0 Å². The molecule has 194 valence electrons. The van der Waals surface area contributed by atoms with Crippen molar-refractivity contribution in [2.24, 2.45) is 5.73 Å². The number of carbonyl (C=O) groups excluding carboxylic acids is 3. The van der Waals surface area contributed by atoms with Crippen LogP contribution >= 0.6 is 11.5 Å². The van der Waals surface area contributed by atoms with Crippen molar-refractivity contribution >= 4 is 40.6 Å². The number of phenolic OH excluding ortho intramolecular Hbond substituents is 1. The zero-order valence-electron chi connectivity index (χ0n) is 20.0. The third-order valence-electron chi connectivity index (χ3n) is 5.95. The number of ether oxygens (including phenoxy) is 2. The molecule has 2 heterocycles. The molecule has 6 N–H and O–H groups in total. The van der Waals surface area contributed by atoms with E-state index in [9.17, 15) is 19.5 Å². The number of rotatable bonds is 9. The Morgan fingerprint density at radius 1 is 1.27 bits per heavy atom. The van der Waals surface area contributed by atoms with Gasteiger partial charge in [-0.05, 0) is 54.2 Å². The first-order valence-electron chi connectivity index (χ1n) is 11.5. The van der Waals surface area contributed by atoms with Crippen LogP contribution in [-0.2, 0) is 9.53 Å². The molecule has 1 aliphatic heterocycles. The van der Waals surface area contributed by atoms with Gasteiger partial charge in [-0.3, -0.25) is 19.3 Å². The minimum absolute atomic E-state index is 0.000628. The van der Waals surface area contributed by atoms with Crippen molar-refractivity contribution in [3.63, 3.8) is 0 Å². The summed E-state index contributed by atoms with van der Waals surface area (Å²) in [5, 5.41) is 12.7. The molecule has 1 aromatic heterocycles. The number of nitrogens with zero attached hydrogens (tertiary/aromatic N) is 2. The highest BCUT2D eigenvalue weighted by Gasteiger charge is 2.36.